The number of carbonyl (C=O) groups excluding carboxylic acids is 2. The first-order chi connectivity index (χ1) is 22.5. The van der Waals surface area contributed by atoms with Crippen LogP contribution < -0.4 is 20.8 Å². The van der Waals surface area contributed by atoms with E-state index in [4.69, 9.17) is 9.47 Å². The third-order valence-electron chi connectivity index (χ3n) is 6.45. The van der Waals surface area contributed by atoms with Crippen molar-refractivity contribution in [3.8, 4) is 0 Å². The van der Waals surface area contributed by atoms with Crippen LogP contribution in [-0.4, -0.2) is 64.2 Å². The smallest absolute Gasteiger partial charge is 0.872 e. The van der Waals surface area contributed by atoms with Crippen LogP contribution in [0.5, 0.6) is 0 Å². The maximum Gasteiger partial charge on any atom is 2.00 e. The molecular formula is C38H40CoN2O6. The van der Waals surface area contributed by atoms with Crippen molar-refractivity contribution >= 4 is 23.1 Å². The molecule has 0 spiro atoms. The van der Waals surface area contributed by atoms with Crippen LogP contribution in [0.3, 0.4) is 0 Å². The number of carbonyl (C=O) groups is 2. The first-order valence-electron chi connectivity index (χ1n) is 15.2. The van der Waals surface area contributed by atoms with Gasteiger partial charge in [0.1, 0.15) is 0 Å². The molecular weight excluding hydrogens is 639 g/mol. The zero-order chi connectivity index (χ0) is 32.7. The maximum absolute atomic E-state index is 11.8. The Bertz CT molecular complexity index is 1340. The van der Waals surface area contributed by atoms with Crippen LogP contribution in [0.15, 0.2) is 133 Å². The summed E-state index contributed by atoms with van der Waals surface area (Å²) in [5, 5.41) is 29.8. The third kappa shape index (κ3) is 16.2. The van der Waals surface area contributed by atoms with Crippen LogP contribution >= 0.6 is 0 Å². The van der Waals surface area contributed by atoms with Crippen LogP contribution in [0, 0.1) is 0 Å². The van der Waals surface area contributed by atoms with Gasteiger partial charge in [-0.15, -0.1) is 0 Å². The Labute approximate surface area is 287 Å². The number of benzene rings is 4. The maximum atomic E-state index is 11.8. The van der Waals surface area contributed by atoms with E-state index in [9.17, 15) is 19.8 Å². The molecule has 0 aliphatic carbocycles. The van der Waals surface area contributed by atoms with Crippen LogP contribution in [0.4, 0.5) is 0 Å². The van der Waals surface area contributed by atoms with Crippen LogP contribution in [-0.2, 0) is 26.3 Å². The normalized spacial score (nSPS) is 14.2. The van der Waals surface area contributed by atoms with Crippen molar-refractivity contribution in [2.75, 3.05) is 52.6 Å². The predicted octanol–water partition coefficient (Wildman–Crippen LogP) is 3.75. The summed E-state index contributed by atoms with van der Waals surface area (Å²) in [5.41, 5.74) is 2.10. The van der Waals surface area contributed by atoms with Gasteiger partial charge in [0.15, 0.2) is 11.6 Å². The van der Waals surface area contributed by atoms with Crippen molar-refractivity contribution in [1.82, 2.24) is 10.6 Å². The number of ether oxygens (including phenoxy) is 2. The molecule has 0 aromatic heterocycles. The fourth-order valence-corrected chi connectivity index (χ4v) is 4.01. The van der Waals surface area contributed by atoms with Crippen molar-refractivity contribution in [2.24, 2.45) is 0 Å². The van der Waals surface area contributed by atoms with E-state index in [2.05, 4.69) is 10.6 Å². The van der Waals surface area contributed by atoms with Gasteiger partial charge in [-0.05, 0) is 23.3 Å². The van der Waals surface area contributed by atoms with Gasteiger partial charge in [-0.25, -0.2) is 0 Å². The van der Waals surface area contributed by atoms with E-state index in [1.165, 1.54) is 0 Å². The van der Waals surface area contributed by atoms with E-state index in [1.807, 2.05) is 24.3 Å². The molecule has 2 aliphatic heterocycles. The van der Waals surface area contributed by atoms with E-state index in [-0.39, 0.29) is 39.9 Å². The van der Waals surface area contributed by atoms with Crippen molar-refractivity contribution in [2.45, 2.75) is 0 Å². The minimum absolute atomic E-state index is 0. The van der Waals surface area contributed by atoms with Gasteiger partial charge in [-0.2, -0.15) is 0 Å². The molecule has 4 aromatic rings. The van der Waals surface area contributed by atoms with E-state index >= 15 is 0 Å². The monoisotopic (exact) mass is 679 g/mol. The van der Waals surface area contributed by atoms with Crippen molar-refractivity contribution < 1.29 is 46.1 Å². The Morgan fingerprint density at radius 3 is 0.936 bits per heavy atom. The van der Waals surface area contributed by atoms with Gasteiger partial charge < -0.3 is 30.3 Å². The molecule has 0 atom stereocenters. The van der Waals surface area contributed by atoms with Gasteiger partial charge in [0.2, 0.25) is 0 Å². The molecule has 0 unspecified atom stereocenters. The van der Waals surface area contributed by atoms with Gasteiger partial charge in [-0.1, -0.05) is 133 Å². The minimum atomic E-state index is -0.264. The first kappa shape index (κ1) is 38.8. The molecule has 2 N–H and O–H groups in total. The molecule has 2 heterocycles. The molecule has 0 bridgehead atoms. The Hall–Kier alpha value is -4.35. The van der Waals surface area contributed by atoms with Crippen LogP contribution in [0.2, 0.25) is 0 Å². The average Bonchev–Trinajstić information content (AvgIpc) is 3.15. The SMILES string of the molecule is C1COCCN1.C1COCCN1.O=C(/C=C(\[O-])c1ccccc1)c1ccccc1.O=C(/C=C(\[O-])c1ccccc1)c1ccccc1.[Co+2]. The largest absolute Gasteiger partial charge is 2.00 e. The molecule has 0 saturated carbocycles. The fraction of sp³-hybridized carbons (Fsp3) is 0.211. The number of allylic oxidation sites excluding steroid dienone is 2. The number of rotatable bonds is 6. The summed E-state index contributed by atoms with van der Waals surface area (Å²) < 4.78 is 10.0. The summed E-state index contributed by atoms with van der Waals surface area (Å²) in [6.07, 6.45) is 2.26. The molecule has 2 saturated heterocycles. The number of morpholine rings is 2. The molecule has 4 aromatic carbocycles. The molecule has 9 heteroatoms. The Morgan fingerprint density at radius 1 is 0.468 bits per heavy atom. The Morgan fingerprint density at radius 2 is 0.723 bits per heavy atom. The van der Waals surface area contributed by atoms with Crippen LogP contribution in [0.1, 0.15) is 31.8 Å². The second kappa shape index (κ2) is 23.9. The summed E-state index contributed by atoms with van der Waals surface area (Å²) >= 11 is 0. The Kier molecular flexibility index (Phi) is 19.8. The zero-order valence-electron chi connectivity index (χ0n) is 26.1. The van der Waals surface area contributed by atoms with Crippen molar-refractivity contribution in [3.63, 3.8) is 0 Å². The van der Waals surface area contributed by atoms with Crippen molar-refractivity contribution in [1.29, 1.82) is 0 Å². The van der Waals surface area contributed by atoms with Crippen molar-refractivity contribution in [3.05, 3.63) is 156 Å². The summed E-state index contributed by atoms with van der Waals surface area (Å²) in [4.78, 5) is 23.5. The standard InChI is InChI=1S/2C15H12O2.2C4H9NO.Co/c2*16-14(12-7-3-1-4-8-12)11-15(17)13-9-5-2-6-10-13;2*1-3-6-4-2-5-1;/h2*1-11,16H;2*5H,1-4H2;/q;;;;+2/p-2/b2*14-11-;;;. The van der Waals surface area contributed by atoms with Gasteiger partial charge in [0.05, 0.1) is 26.4 Å². The number of ketones is 2. The van der Waals surface area contributed by atoms with E-state index in [0.29, 0.717) is 22.3 Å². The quantitative estimate of drug-likeness (QED) is 0.180. The van der Waals surface area contributed by atoms with Gasteiger partial charge in [0, 0.05) is 37.3 Å². The molecule has 47 heavy (non-hydrogen) atoms. The second-order valence-electron chi connectivity index (χ2n) is 9.93. The molecule has 247 valence electrons. The topological polar surface area (TPSA) is 123 Å². The molecule has 0 amide bonds. The summed E-state index contributed by atoms with van der Waals surface area (Å²) in [6, 6.07) is 35.0. The van der Waals surface area contributed by atoms with E-state index in [0.717, 1.165) is 64.8 Å². The second-order valence-corrected chi connectivity index (χ2v) is 9.93. The number of nitrogens with one attached hydrogen (secondary N) is 2. The van der Waals surface area contributed by atoms with Gasteiger partial charge in [0.25, 0.3) is 0 Å². The first-order valence-corrected chi connectivity index (χ1v) is 15.2. The predicted molar refractivity (Wildman–Crippen MR) is 178 cm³/mol. The minimum Gasteiger partial charge on any atom is -0.872 e. The third-order valence-corrected chi connectivity index (χ3v) is 6.45. The molecule has 6 rings (SSSR count). The average molecular weight is 680 g/mol. The summed E-state index contributed by atoms with van der Waals surface area (Å²) in [7, 11) is 0. The van der Waals surface area contributed by atoms with E-state index in [1.54, 1.807) is 97.1 Å². The molecule has 8 nitrogen and oxygen atoms in total. The molecule has 2 fully saturated rings. The van der Waals surface area contributed by atoms with E-state index < -0.39 is 0 Å². The van der Waals surface area contributed by atoms with Crippen LogP contribution in [0.25, 0.3) is 11.5 Å². The molecule has 1 radical (unpaired) electrons. The summed E-state index contributed by atoms with van der Waals surface area (Å²) in [6.45, 7) is 7.67. The fourth-order valence-electron chi connectivity index (χ4n) is 4.01. The molecule has 2 aliphatic rings. The zero-order valence-corrected chi connectivity index (χ0v) is 27.2. The number of hydrogen-bond acceptors (Lipinski definition) is 8. The van der Waals surface area contributed by atoms with Gasteiger partial charge >= 0.3 is 16.8 Å². The Balaban J connectivity index is 0.000000239. The van der Waals surface area contributed by atoms with Gasteiger partial charge in [-0.3, -0.25) is 9.59 Å². The summed E-state index contributed by atoms with van der Waals surface area (Å²) in [5.74, 6) is -1.06. The number of hydrogen-bond donors (Lipinski definition) is 2.